The molecule has 1 fully saturated rings. The molecule has 0 saturated carbocycles. The second-order valence-corrected chi connectivity index (χ2v) is 8.50. The van der Waals surface area contributed by atoms with E-state index >= 15 is 0 Å². The topological polar surface area (TPSA) is 41.6 Å². The number of hydrogen-bond donors (Lipinski definition) is 1. The molecule has 0 bridgehead atoms. The molecule has 1 saturated heterocycles. The summed E-state index contributed by atoms with van der Waals surface area (Å²) in [6.45, 7) is 9.02. The molecule has 2 aromatic rings. The highest BCUT2D eigenvalue weighted by molar-refractivity contribution is 7.98. The summed E-state index contributed by atoms with van der Waals surface area (Å²) in [7, 11) is 0. The largest absolute Gasteiger partial charge is 0.373 e. The van der Waals surface area contributed by atoms with Crippen LogP contribution in [0.15, 0.2) is 53.4 Å². The molecule has 3 unspecified atom stereocenters. The Hall–Kier alpha value is -1.82. The van der Waals surface area contributed by atoms with Gasteiger partial charge in [0.05, 0.1) is 18.2 Å². The van der Waals surface area contributed by atoms with Gasteiger partial charge in [-0.1, -0.05) is 24.3 Å². The van der Waals surface area contributed by atoms with Crippen LogP contribution in [-0.2, 0) is 11.3 Å². The van der Waals surface area contributed by atoms with Crippen molar-refractivity contribution in [3.63, 3.8) is 0 Å². The lowest BCUT2D eigenvalue weighted by Gasteiger charge is -2.35. The van der Waals surface area contributed by atoms with Gasteiger partial charge < -0.3 is 10.1 Å². The lowest BCUT2D eigenvalue weighted by molar-refractivity contribution is -0.0704. The summed E-state index contributed by atoms with van der Waals surface area (Å²) in [6.07, 6.45) is 2.59. The Morgan fingerprint density at radius 1 is 1.11 bits per heavy atom. The minimum atomic E-state index is -0.0402. The fourth-order valence-corrected chi connectivity index (χ4v) is 4.10. The van der Waals surface area contributed by atoms with E-state index in [0.717, 1.165) is 25.2 Å². The highest BCUT2D eigenvalue weighted by Gasteiger charge is 2.22. The zero-order chi connectivity index (χ0) is 20.1. The molecule has 1 aliphatic rings. The number of ether oxygens (including phenoxy) is 1. The Kier molecular flexibility index (Phi) is 7.16. The SMILES string of the molecule is CSc1ccc(C(C)NC(=O)c2ccc(CN3CC(C)OC(C)C3)cc2)cc1. The van der Waals surface area contributed by atoms with Crippen LogP contribution in [0.4, 0.5) is 0 Å². The van der Waals surface area contributed by atoms with Crippen molar-refractivity contribution in [2.45, 2.75) is 50.5 Å². The third kappa shape index (κ3) is 5.60. The predicted octanol–water partition coefficient (Wildman–Crippen LogP) is 4.51. The van der Waals surface area contributed by atoms with Crippen molar-refractivity contribution in [2.24, 2.45) is 0 Å². The molecular formula is C23H30N2O2S. The maximum Gasteiger partial charge on any atom is 0.251 e. The van der Waals surface area contributed by atoms with Gasteiger partial charge in [-0.25, -0.2) is 0 Å². The van der Waals surface area contributed by atoms with Gasteiger partial charge in [0.2, 0.25) is 0 Å². The molecular weight excluding hydrogens is 368 g/mol. The van der Waals surface area contributed by atoms with Gasteiger partial charge in [-0.15, -0.1) is 11.8 Å². The molecule has 0 radical (unpaired) electrons. The van der Waals surface area contributed by atoms with Gasteiger partial charge in [0.15, 0.2) is 0 Å². The molecule has 0 spiro atoms. The number of amides is 1. The second kappa shape index (κ2) is 9.59. The van der Waals surface area contributed by atoms with Crippen LogP contribution in [-0.4, -0.2) is 42.4 Å². The van der Waals surface area contributed by atoms with E-state index in [1.165, 1.54) is 10.5 Å². The lowest BCUT2D eigenvalue weighted by Crippen LogP contribution is -2.44. The molecule has 5 heteroatoms. The highest BCUT2D eigenvalue weighted by atomic mass is 32.2. The van der Waals surface area contributed by atoms with Gasteiger partial charge in [-0.05, 0) is 62.4 Å². The normalized spacial score (nSPS) is 21.3. The fourth-order valence-electron chi connectivity index (χ4n) is 3.69. The van der Waals surface area contributed by atoms with E-state index < -0.39 is 0 Å². The molecule has 4 nitrogen and oxygen atoms in total. The molecule has 3 atom stereocenters. The molecule has 1 amide bonds. The summed E-state index contributed by atoms with van der Waals surface area (Å²) in [5, 5.41) is 3.09. The number of morpholine rings is 1. The van der Waals surface area contributed by atoms with E-state index in [1.54, 1.807) is 11.8 Å². The molecule has 0 aliphatic carbocycles. The van der Waals surface area contributed by atoms with E-state index in [9.17, 15) is 4.79 Å². The third-order valence-corrected chi connectivity index (χ3v) is 5.82. The van der Waals surface area contributed by atoms with Gasteiger partial charge in [0.1, 0.15) is 0 Å². The quantitative estimate of drug-likeness (QED) is 0.727. The minimum absolute atomic E-state index is 0.0283. The van der Waals surface area contributed by atoms with E-state index in [-0.39, 0.29) is 24.2 Å². The molecule has 3 rings (SSSR count). The van der Waals surface area contributed by atoms with Crippen molar-refractivity contribution in [3.05, 3.63) is 65.2 Å². The Morgan fingerprint density at radius 2 is 1.71 bits per heavy atom. The van der Waals surface area contributed by atoms with E-state index in [2.05, 4.69) is 66.7 Å². The fraction of sp³-hybridized carbons (Fsp3) is 0.435. The molecule has 1 N–H and O–H groups in total. The van der Waals surface area contributed by atoms with Crippen molar-refractivity contribution < 1.29 is 9.53 Å². The third-order valence-electron chi connectivity index (χ3n) is 5.08. The maximum absolute atomic E-state index is 12.6. The van der Waals surface area contributed by atoms with Crippen LogP contribution in [0.1, 0.15) is 48.3 Å². The number of nitrogens with zero attached hydrogens (tertiary/aromatic N) is 1. The van der Waals surface area contributed by atoms with Crippen LogP contribution in [0.25, 0.3) is 0 Å². The summed E-state index contributed by atoms with van der Waals surface area (Å²) >= 11 is 1.72. The summed E-state index contributed by atoms with van der Waals surface area (Å²) in [5.41, 5.74) is 3.02. The van der Waals surface area contributed by atoms with E-state index in [4.69, 9.17) is 4.74 Å². The number of nitrogens with one attached hydrogen (secondary N) is 1. The Labute approximate surface area is 172 Å². The van der Waals surface area contributed by atoms with Gasteiger partial charge in [0, 0.05) is 30.1 Å². The monoisotopic (exact) mass is 398 g/mol. The van der Waals surface area contributed by atoms with Crippen LogP contribution in [0.2, 0.25) is 0 Å². The highest BCUT2D eigenvalue weighted by Crippen LogP contribution is 2.20. The van der Waals surface area contributed by atoms with Crippen molar-refractivity contribution in [2.75, 3.05) is 19.3 Å². The smallest absolute Gasteiger partial charge is 0.251 e. The zero-order valence-electron chi connectivity index (χ0n) is 17.1. The van der Waals surface area contributed by atoms with Crippen molar-refractivity contribution in [3.8, 4) is 0 Å². The van der Waals surface area contributed by atoms with Crippen LogP contribution in [0, 0.1) is 0 Å². The zero-order valence-corrected chi connectivity index (χ0v) is 18.0. The summed E-state index contributed by atoms with van der Waals surface area (Å²) in [5.74, 6) is -0.0402. The average molecular weight is 399 g/mol. The van der Waals surface area contributed by atoms with Gasteiger partial charge in [-0.3, -0.25) is 9.69 Å². The van der Waals surface area contributed by atoms with Crippen LogP contribution < -0.4 is 5.32 Å². The first-order valence-corrected chi connectivity index (χ1v) is 11.1. The number of carbonyl (C=O) groups excluding carboxylic acids is 1. The first-order valence-electron chi connectivity index (χ1n) is 9.86. The Morgan fingerprint density at radius 3 is 2.29 bits per heavy atom. The Balaban J connectivity index is 1.57. The first-order chi connectivity index (χ1) is 13.4. The number of thioether (sulfide) groups is 1. The van der Waals surface area contributed by atoms with Gasteiger partial charge in [0.25, 0.3) is 5.91 Å². The summed E-state index contributed by atoms with van der Waals surface area (Å²) < 4.78 is 5.80. The molecule has 150 valence electrons. The number of hydrogen-bond acceptors (Lipinski definition) is 4. The van der Waals surface area contributed by atoms with Crippen LogP contribution >= 0.6 is 11.8 Å². The Bertz CT molecular complexity index is 766. The minimum Gasteiger partial charge on any atom is -0.373 e. The summed E-state index contributed by atoms with van der Waals surface area (Å²) in [6, 6.07) is 16.2. The van der Waals surface area contributed by atoms with Crippen molar-refractivity contribution in [1.82, 2.24) is 10.2 Å². The van der Waals surface area contributed by atoms with Gasteiger partial charge >= 0.3 is 0 Å². The molecule has 2 aromatic carbocycles. The van der Waals surface area contributed by atoms with Crippen molar-refractivity contribution >= 4 is 17.7 Å². The molecule has 0 aromatic heterocycles. The number of benzene rings is 2. The second-order valence-electron chi connectivity index (χ2n) is 7.62. The molecule has 1 heterocycles. The maximum atomic E-state index is 12.6. The van der Waals surface area contributed by atoms with Gasteiger partial charge in [-0.2, -0.15) is 0 Å². The summed E-state index contributed by atoms with van der Waals surface area (Å²) in [4.78, 5) is 16.2. The van der Waals surface area contributed by atoms with E-state index in [1.807, 2.05) is 19.1 Å². The lowest BCUT2D eigenvalue weighted by atomic mass is 10.1. The first kappa shape index (κ1) is 20.9. The van der Waals surface area contributed by atoms with Crippen LogP contribution in [0.3, 0.4) is 0 Å². The average Bonchev–Trinajstić information content (AvgIpc) is 2.67. The standard InChI is InChI=1S/C23H30N2O2S/c1-16-13-25(14-17(2)27-16)15-19-5-7-21(8-6-19)23(26)24-18(3)20-9-11-22(28-4)12-10-20/h5-12,16-18H,13-15H2,1-4H3,(H,24,26). The molecule has 28 heavy (non-hydrogen) atoms. The molecule has 1 aliphatic heterocycles. The van der Waals surface area contributed by atoms with E-state index in [0.29, 0.717) is 5.56 Å². The number of rotatable bonds is 6. The van der Waals surface area contributed by atoms with Crippen LogP contribution in [0.5, 0.6) is 0 Å². The number of carbonyl (C=O) groups is 1. The van der Waals surface area contributed by atoms with Crippen molar-refractivity contribution in [1.29, 1.82) is 0 Å². The predicted molar refractivity (Wildman–Crippen MR) is 116 cm³/mol.